The van der Waals surface area contributed by atoms with Crippen molar-refractivity contribution < 1.29 is 14.3 Å². The van der Waals surface area contributed by atoms with Gasteiger partial charge in [0.1, 0.15) is 5.75 Å². The first-order valence-corrected chi connectivity index (χ1v) is 9.96. The van der Waals surface area contributed by atoms with Gasteiger partial charge in [-0.2, -0.15) is 0 Å². The molecule has 3 aromatic carbocycles. The van der Waals surface area contributed by atoms with Crippen LogP contribution in [0.1, 0.15) is 31.8 Å². The largest absolute Gasteiger partial charge is 0.492 e. The molecule has 0 atom stereocenters. The third kappa shape index (κ3) is 5.93. The van der Waals surface area contributed by atoms with Crippen molar-refractivity contribution in [2.75, 3.05) is 6.61 Å². The standard InChI is InChI=1S/C23H21BrN2O3/c1-16-7-9-18(10-8-16)22(27)25-26-23(28)19-11-12-21(20(24)15-19)29-14-13-17-5-3-2-4-6-17/h2-12,15H,13-14H2,1H3,(H,25,27)(H,26,28). The normalized spacial score (nSPS) is 10.3. The van der Waals surface area contributed by atoms with Crippen LogP contribution in [-0.2, 0) is 6.42 Å². The molecule has 3 rings (SSSR count). The zero-order valence-corrected chi connectivity index (χ0v) is 17.5. The summed E-state index contributed by atoms with van der Waals surface area (Å²) >= 11 is 3.43. The monoisotopic (exact) mass is 452 g/mol. The molecule has 5 nitrogen and oxygen atoms in total. The van der Waals surface area contributed by atoms with Crippen molar-refractivity contribution in [2.45, 2.75) is 13.3 Å². The van der Waals surface area contributed by atoms with E-state index < -0.39 is 5.91 Å². The van der Waals surface area contributed by atoms with Gasteiger partial charge in [-0.15, -0.1) is 0 Å². The molecule has 0 radical (unpaired) electrons. The third-order valence-corrected chi connectivity index (χ3v) is 4.91. The van der Waals surface area contributed by atoms with E-state index in [4.69, 9.17) is 4.74 Å². The van der Waals surface area contributed by atoms with Crippen LogP contribution in [0, 0.1) is 6.92 Å². The lowest BCUT2D eigenvalue weighted by Crippen LogP contribution is -2.41. The maximum absolute atomic E-state index is 12.3. The molecular formula is C23H21BrN2O3. The molecule has 0 unspecified atom stereocenters. The Morgan fingerprint density at radius 2 is 1.48 bits per heavy atom. The van der Waals surface area contributed by atoms with Crippen molar-refractivity contribution >= 4 is 27.7 Å². The van der Waals surface area contributed by atoms with Crippen molar-refractivity contribution in [1.82, 2.24) is 10.9 Å². The lowest BCUT2D eigenvalue weighted by Gasteiger charge is -2.11. The van der Waals surface area contributed by atoms with Gasteiger partial charge >= 0.3 is 0 Å². The van der Waals surface area contributed by atoms with Gasteiger partial charge in [0, 0.05) is 17.5 Å². The number of amides is 2. The molecule has 0 aromatic heterocycles. The van der Waals surface area contributed by atoms with Crippen LogP contribution in [0.15, 0.2) is 77.3 Å². The highest BCUT2D eigenvalue weighted by Gasteiger charge is 2.11. The minimum atomic E-state index is -0.415. The second kappa shape index (κ2) is 9.89. The van der Waals surface area contributed by atoms with Crippen molar-refractivity contribution in [1.29, 1.82) is 0 Å². The van der Waals surface area contributed by atoms with Crippen molar-refractivity contribution in [2.24, 2.45) is 0 Å². The summed E-state index contributed by atoms with van der Waals surface area (Å²) in [6, 6.07) is 22.2. The van der Waals surface area contributed by atoms with Gasteiger partial charge in [-0.3, -0.25) is 20.4 Å². The number of benzene rings is 3. The zero-order chi connectivity index (χ0) is 20.6. The predicted octanol–water partition coefficient (Wildman–Crippen LogP) is 4.45. The molecule has 0 heterocycles. The molecule has 6 heteroatoms. The second-order valence-electron chi connectivity index (χ2n) is 6.50. The summed E-state index contributed by atoms with van der Waals surface area (Å²) in [5, 5.41) is 0. The molecule has 0 aliphatic rings. The van der Waals surface area contributed by atoms with Gasteiger partial charge in [0.05, 0.1) is 11.1 Å². The molecule has 29 heavy (non-hydrogen) atoms. The van der Waals surface area contributed by atoms with E-state index in [2.05, 4.69) is 38.9 Å². The summed E-state index contributed by atoms with van der Waals surface area (Å²) in [6.45, 7) is 2.47. The molecule has 2 N–H and O–H groups in total. The topological polar surface area (TPSA) is 67.4 Å². The number of carbonyl (C=O) groups is 2. The molecule has 148 valence electrons. The van der Waals surface area contributed by atoms with Crippen LogP contribution in [-0.4, -0.2) is 18.4 Å². The quantitative estimate of drug-likeness (QED) is 0.542. The highest BCUT2D eigenvalue weighted by atomic mass is 79.9. The first kappa shape index (κ1) is 20.6. The van der Waals surface area contributed by atoms with Crippen LogP contribution in [0.25, 0.3) is 0 Å². The first-order valence-electron chi connectivity index (χ1n) is 9.16. The average Bonchev–Trinajstić information content (AvgIpc) is 2.74. The van der Waals surface area contributed by atoms with E-state index in [-0.39, 0.29) is 5.91 Å². The minimum absolute atomic E-state index is 0.377. The van der Waals surface area contributed by atoms with Gasteiger partial charge in [0.15, 0.2) is 0 Å². The number of halogens is 1. The van der Waals surface area contributed by atoms with Crippen molar-refractivity contribution in [3.8, 4) is 5.75 Å². The first-order chi connectivity index (χ1) is 14.0. The summed E-state index contributed by atoms with van der Waals surface area (Å²) in [6.07, 6.45) is 0.792. The van der Waals surface area contributed by atoms with E-state index in [1.165, 1.54) is 5.56 Å². The SMILES string of the molecule is Cc1ccc(C(=O)NNC(=O)c2ccc(OCCc3ccccc3)c(Br)c2)cc1. The summed E-state index contributed by atoms with van der Waals surface area (Å²) < 4.78 is 6.46. The number of nitrogens with one attached hydrogen (secondary N) is 2. The van der Waals surface area contributed by atoms with E-state index in [9.17, 15) is 9.59 Å². The van der Waals surface area contributed by atoms with Crippen molar-refractivity contribution in [3.05, 3.63) is 99.5 Å². The van der Waals surface area contributed by atoms with Crippen LogP contribution in [0.2, 0.25) is 0 Å². The predicted molar refractivity (Wildman–Crippen MR) is 116 cm³/mol. The second-order valence-corrected chi connectivity index (χ2v) is 7.36. The van der Waals surface area contributed by atoms with Crippen molar-refractivity contribution in [3.63, 3.8) is 0 Å². The number of ether oxygens (including phenoxy) is 1. The Balaban J connectivity index is 1.52. The highest BCUT2D eigenvalue weighted by Crippen LogP contribution is 2.26. The number of hydrogen-bond acceptors (Lipinski definition) is 3. The van der Waals surface area contributed by atoms with E-state index in [0.717, 1.165) is 12.0 Å². The van der Waals surface area contributed by atoms with Gasteiger partial charge in [0.25, 0.3) is 11.8 Å². The maximum Gasteiger partial charge on any atom is 0.269 e. The number of hydrogen-bond donors (Lipinski definition) is 2. The molecule has 2 amide bonds. The van der Waals surface area contributed by atoms with Gasteiger partial charge in [-0.25, -0.2) is 0 Å². The summed E-state index contributed by atoms with van der Waals surface area (Å²) in [5.74, 6) is -0.138. The Morgan fingerprint density at radius 3 is 2.14 bits per heavy atom. The average molecular weight is 453 g/mol. The Bertz CT molecular complexity index is 989. The molecule has 0 saturated carbocycles. The van der Waals surface area contributed by atoms with Crippen LogP contribution in [0.5, 0.6) is 5.75 Å². The van der Waals surface area contributed by atoms with Crippen LogP contribution < -0.4 is 15.6 Å². The Hall–Kier alpha value is -3.12. The van der Waals surface area contributed by atoms with Gasteiger partial charge in [-0.05, 0) is 58.7 Å². The molecule has 0 aliphatic heterocycles. The molecular weight excluding hydrogens is 432 g/mol. The minimum Gasteiger partial charge on any atom is -0.492 e. The highest BCUT2D eigenvalue weighted by molar-refractivity contribution is 9.10. The fourth-order valence-electron chi connectivity index (χ4n) is 2.65. The van der Waals surface area contributed by atoms with Crippen LogP contribution >= 0.6 is 15.9 Å². The van der Waals surface area contributed by atoms with Gasteiger partial charge < -0.3 is 4.74 Å². The molecule has 0 spiro atoms. The Labute approximate surface area is 178 Å². The molecule has 0 bridgehead atoms. The smallest absolute Gasteiger partial charge is 0.269 e. The summed E-state index contributed by atoms with van der Waals surface area (Å²) in [5.41, 5.74) is 7.97. The fraction of sp³-hybridized carbons (Fsp3) is 0.130. The van der Waals surface area contributed by atoms with E-state index >= 15 is 0 Å². The number of aryl methyl sites for hydroxylation is 1. The summed E-state index contributed by atoms with van der Waals surface area (Å²) in [7, 11) is 0. The van der Waals surface area contributed by atoms with E-state index in [0.29, 0.717) is 28.0 Å². The molecule has 3 aromatic rings. The Kier molecular flexibility index (Phi) is 7.03. The fourth-order valence-corrected chi connectivity index (χ4v) is 3.14. The number of carbonyl (C=O) groups excluding carboxylic acids is 2. The number of rotatable bonds is 6. The lowest BCUT2D eigenvalue weighted by molar-refractivity contribution is 0.0846. The van der Waals surface area contributed by atoms with Crippen LogP contribution in [0.3, 0.4) is 0 Å². The number of hydrazine groups is 1. The lowest BCUT2D eigenvalue weighted by atomic mass is 10.1. The van der Waals surface area contributed by atoms with Gasteiger partial charge in [-0.1, -0.05) is 48.0 Å². The maximum atomic E-state index is 12.3. The molecule has 0 aliphatic carbocycles. The zero-order valence-electron chi connectivity index (χ0n) is 15.9. The molecule has 0 saturated heterocycles. The van der Waals surface area contributed by atoms with Gasteiger partial charge in [0.2, 0.25) is 0 Å². The summed E-state index contributed by atoms with van der Waals surface area (Å²) in [4.78, 5) is 24.4. The third-order valence-electron chi connectivity index (χ3n) is 4.29. The Morgan fingerprint density at radius 1 is 0.862 bits per heavy atom. The van der Waals surface area contributed by atoms with E-state index in [1.54, 1.807) is 30.3 Å². The van der Waals surface area contributed by atoms with E-state index in [1.807, 2.05) is 37.3 Å². The molecule has 0 fully saturated rings. The van der Waals surface area contributed by atoms with Crippen LogP contribution in [0.4, 0.5) is 0 Å².